The van der Waals surface area contributed by atoms with Crippen molar-refractivity contribution in [2.45, 2.75) is 26.2 Å². The molecule has 1 amide bonds. The minimum Gasteiger partial charge on any atom is -0.342 e. The molecule has 0 unspecified atom stereocenters. The van der Waals surface area contributed by atoms with Crippen LogP contribution < -0.4 is 5.32 Å². The molecular formula is C11H21ClN2O. The summed E-state index contributed by atoms with van der Waals surface area (Å²) >= 11 is 0. The molecule has 2 aliphatic rings. The number of hydrogen-bond acceptors (Lipinski definition) is 2. The van der Waals surface area contributed by atoms with Crippen LogP contribution in [0.25, 0.3) is 0 Å². The fourth-order valence-corrected chi connectivity index (χ4v) is 2.55. The van der Waals surface area contributed by atoms with Crippen LogP contribution >= 0.6 is 12.4 Å². The molecule has 0 aromatic heterocycles. The summed E-state index contributed by atoms with van der Waals surface area (Å²) in [4.78, 5) is 14.2. The number of hydrogen-bond donors (Lipinski definition) is 1. The number of halogens is 1. The summed E-state index contributed by atoms with van der Waals surface area (Å²) in [6.07, 6.45) is 3.42. The summed E-state index contributed by atoms with van der Waals surface area (Å²) < 4.78 is 0. The van der Waals surface area contributed by atoms with Crippen molar-refractivity contribution in [3.8, 4) is 0 Å². The zero-order valence-corrected chi connectivity index (χ0v) is 10.2. The molecule has 2 saturated heterocycles. The first kappa shape index (κ1) is 12.8. The lowest BCUT2D eigenvalue weighted by molar-refractivity contribution is -0.136. The molecule has 0 aromatic carbocycles. The van der Waals surface area contributed by atoms with E-state index in [2.05, 4.69) is 17.1 Å². The molecule has 0 radical (unpaired) electrons. The maximum absolute atomic E-state index is 12.1. The van der Waals surface area contributed by atoms with Crippen LogP contribution in [0.3, 0.4) is 0 Å². The summed E-state index contributed by atoms with van der Waals surface area (Å²) in [5, 5.41) is 3.34. The zero-order chi connectivity index (χ0) is 9.97. The molecular weight excluding hydrogens is 212 g/mol. The van der Waals surface area contributed by atoms with Gasteiger partial charge in [0.2, 0.25) is 5.91 Å². The first-order chi connectivity index (χ1) is 6.79. The van der Waals surface area contributed by atoms with Crippen molar-refractivity contribution in [2.75, 3.05) is 26.2 Å². The average Bonchev–Trinajstić information content (AvgIpc) is 2.70. The van der Waals surface area contributed by atoms with E-state index in [0.29, 0.717) is 11.8 Å². The van der Waals surface area contributed by atoms with Crippen LogP contribution in [-0.4, -0.2) is 37.0 Å². The molecule has 88 valence electrons. The maximum Gasteiger partial charge on any atom is 0.226 e. The fourth-order valence-electron chi connectivity index (χ4n) is 2.55. The summed E-state index contributed by atoms with van der Waals surface area (Å²) in [5.74, 6) is 1.21. The molecule has 2 heterocycles. The molecule has 2 rings (SSSR count). The predicted molar refractivity (Wildman–Crippen MR) is 63.2 cm³/mol. The van der Waals surface area contributed by atoms with Gasteiger partial charge in [-0.3, -0.25) is 4.79 Å². The maximum atomic E-state index is 12.1. The standard InChI is InChI=1S/C11H20N2O.ClH/c1-9-8-12-5-4-10(9)11(14)13-6-2-3-7-13;/h9-10,12H,2-8H2,1H3;1H/t9-,10+;/m0./s1. The smallest absolute Gasteiger partial charge is 0.226 e. The van der Waals surface area contributed by atoms with Crippen molar-refractivity contribution < 1.29 is 4.79 Å². The number of amides is 1. The van der Waals surface area contributed by atoms with E-state index in [1.54, 1.807) is 0 Å². The monoisotopic (exact) mass is 232 g/mol. The summed E-state index contributed by atoms with van der Waals surface area (Å²) in [7, 11) is 0. The van der Waals surface area contributed by atoms with E-state index in [1.807, 2.05) is 0 Å². The zero-order valence-electron chi connectivity index (χ0n) is 9.37. The largest absolute Gasteiger partial charge is 0.342 e. The van der Waals surface area contributed by atoms with Gasteiger partial charge >= 0.3 is 0 Å². The van der Waals surface area contributed by atoms with Gasteiger partial charge in [0.15, 0.2) is 0 Å². The highest BCUT2D eigenvalue weighted by Gasteiger charge is 2.31. The van der Waals surface area contributed by atoms with Crippen molar-refractivity contribution in [1.29, 1.82) is 0 Å². The van der Waals surface area contributed by atoms with E-state index in [1.165, 1.54) is 12.8 Å². The van der Waals surface area contributed by atoms with Crippen LogP contribution in [0, 0.1) is 11.8 Å². The van der Waals surface area contributed by atoms with Gasteiger partial charge in [-0.15, -0.1) is 12.4 Å². The molecule has 0 saturated carbocycles. The van der Waals surface area contributed by atoms with E-state index in [9.17, 15) is 4.79 Å². The molecule has 2 fully saturated rings. The number of nitrogens with zero attached hydrogens (tertiary/aromatic N) is 1. The predicted octanol–water partition coefficient (Wildman–Crippen LogP) is 1.28. The Labute approximate surface area is 98.0 Å². The highest BCUT2D eigenvalue weighted by molar-refractivity contribution is 5.85. The fraction of sp³-hybridized carbons (Fsp3) is 0.909. The second-order valence-electron chi connectivity index (χ2n) is 4.61. The first-order valence-electron chi connectivity index (χ1n) is 5.78. The minimum absolute atomic E-state index is 0. The van der Waals surface area contributed by atoms with E-state index in [4.69, 9.17) is 0 Å². The van der Waals surface area contributed by atoms with Crippen molar-refractivity contribution in [3.05, 3.63) is 0 Å². The Morgan fingerprint density at radius 1 is 1.33 bits per heavy atom. The van der Waals surface area contributed by atoms with Gasteiger partial charge in [-0.25, -0.2) is 0 Å². The summed E-state index contributed by atoms with van der Waals surface area (Å²) in [5.41, 5.74) is 0. The summed E-state index contributed by atoms with van der Waals surface area (Å²) in [6, 6.07) is 0. The van der Waals surface area contributed by atoms with Gasteiger partial charge in [-0.2, -0.15) is 0 Å². The number of rotatable bonds is 1. The third-order valence-electron chi connectivity index (χ3n) is 3.52. The number of carbonyl (C=O) groups is 1. The van der Waals surface area contributed by atoms with E-state index < -0.39 is 0 Å². The van der Waals surface area contributed by atoms with Crippen LogP contribution in [0.15, 0.2) is 0 Å². The third kappa shape index (κ3) is 2.85. The van der Waals surface area contributed by atoms with Gasteiger partial charge in [-0.1, -0.05) is 6.92 Å². The van der Waals surface area contributed by atoms with Gasteiger partial charge in [-0.05, 0) is 38.3 Å². The average molecular weight is 233 g/mol. The second-order valence-corrected chi connectivity index (χ2v) is 4.61. The molecule has 4 heteroatoms. The van der Waals surface area contributed by atoms with Crippen molar-refractivity contribution in [3.63, 3.8) is 0 Å². The molecule has 2 atom stereocenters. The van der Waals surface area contributed by atoms with Gasteiger partial charge in [0, 0.05) is 19.0 Å². The lowest BCUT2D eigenvalue weighted by atomic mass is 9.87. The molecule has 0 spiro atoms. The number of carbonyl (C=O) groups excluding carboxylic acids is 1. The van der Waals surface area contributed by atoms with Crippen molar-refractivity contribution in [2.24, 2.45) is 11.8 Å². The summed E-state index contributed by atoms with van der Waals surface area (Å²) in [6.45, 7) is 6.19. The van der Waals surface area contributed by atoms with Crippen molar-refractivity contribution >= 4 is 18.3 Å². The van der Waals surface area contributed by atoms with Crippen molar-refractivity contribution in [1.82, 2.24) is 10.2 Å². The minimum atomic E-state index is 0. The Bertz CT molecular complexity index is 217. The Kier molecular flexibility index (Phi) is 4.87. The number of likely N-dealkylation sites (tertiary alicyclic amines) is 1. The van der Waals surface area contributed by atoms with Crippen LogP contribution in [-0.2, 0) is 4.79 Å². The molecule has 2 aliphatic heterocycles. The van der Waals surface area contributed by atoms with E-state index in [0.717, 1.165) is 32.6 Å². The Morgan fingerprint density at radius 2 is 2.00 bits per heavy atom. The quantitative estimate of drug-likeness (QED) is 0.739. The number of nitrogens with one attached hydrogen (secondary N) is 1. The Morgan fingerprint density at radius 3 is 2.60 bits per heavy atom. The Balaban J connectivity index is 0.00000112. The van der Waals surface area contributed by atoms with Gasteiger partial charge < -0.3 is 10.2 Å². The lowest BCUT2D eigenvalue weighted by Crippen LogP contribution is -2.44. The Hall–Kier alpha value is -0.280. The third-order valence-corrected chi connectivity index (χ3v) is 3.52. The van der Waals surface area contributed by atoms with Crippen LogP contribution in [0.2, 0.25) is 0 Å². The van der Waals surface area contributed by atoms with E-state index in [-0.39, 0.29) is 18.3 Å². The highest BCUT2D eigenvalue weighted by atomic mass is 35.5. The highest BCUT2D eigenvalue weighted by Crippen LogP contribution is 2.23. The van der Waals surface area contributed by atoms with Gasteiger partial charge in [0.1, 0.15) is 0 Å². The van der Waals surface area contributed by atoms with E-state index >= 15 is 0 Å². The molecule has 0 aromatic rings. The molecule has 15 heavy (non-hydrogen) atoms. The normalized spacial score (nSPS) is 31.1. The lowest BCUT2D eigenvalue weighted by Gasteiger charge is -2.31. The van der Waals surface area contributed by atoms with Gasteiger partial charge in [0.05, 0.1) is 0 Å². The van der Waals surface area contributed by atoms with Crippen LogP contribution in [0.4, 0.5) is 0 Å². The topological polar surface area (TPSA) is 32.3 Å². The number of piperidine rings is 1. The second kappa shape index (κ2) is 5.71. The van der Waals surface area contributed by atoms with Crippen LogP contribution in [0.5, 0.6) is 0 Å². The van der Waals surface area contributed by atoms with Gasteiger partial charge in [0.25, 0.3) is 0 Å². The SMILES string of the molecule is C[C@H]1CNCC[C@H]1C(=O)N1CCCC1.Cl. The first-order valence-corrected chi connectivity index (χ1v) is 5.78. The molecule has 0 bridgehead atoms. The molecule has 3 nitrogen and oxygen atoms in total. The molecule has 1 N–H and O–H groups in total. The van der Waals surface area contributed by atoms with Crippen LogP contribution in [0.1, 0.15) is 26.2 Å². The molecule has 0 aliphatic carbocycles.